The molecule has 0 bridgehead atoms. The SMILES string of the molecule is CS/C=C\c1ccccc1. The molecule has 0 saturated heterocycles. The maximum absolute atomic E-state index is 2.10. The largest absolute Gasteiger partial charge is 0.138 e. The Kier molecular flexibility index (Phi) is 3.10. The molecule has 0 amide bonds. The highest BCUT2D eigenvalue weighted by Crippen LogP contribution is 2.04. The van der Waals surface area contributed by atoms with Crippen molar-refractivity contribution < 1.29 is 0 Å². The normalized spacial score (nSPS) is 10.5. The summed E-state index contributed by atoms with van der Waals surface area (Å²) in [4.78, 5) is 0. The van der Waals surface area contributed by atoms with Crippen LogP contribution in [0.1, 0.15) is 5.56 Å². The zero-order chi connectivity index (χ0) is 7.23. The molecule has 1 heteroatoms. The van der Waals surface area contributed by atoms with Crippen molar-refractivity contribution in [3.05, 3.63) is 41.3 Å². The predicted molar refractivity (Wildman–Crippen MR) is 49.0 cm³/mol. The average Bonchev–Trinajstić information content (AvgIpc) is 2.03. The third-order valence-electron chi connectivity index (χ3n) is 1.20. The van der Waals surface area contributed by atoms with Crippen LogP contribution in [0.4, 0.5) is 0 Å². The molecule has 0 atom stereocenters. The highest BCUT2D eigenvalue weighted by atomic mass is 32.2. The Balaban J connectivity index is 2.67. The lowest BCUT2D eigenvalue weighted by Gasteiger charge is -1.88. The van der Waals surface area contributed by atoms with Gasteiger partial charge in [-0.2, -0.15) is 0 Å². The van der Waals surface area contributed by atoms with Gasteiger partial charge in [0, 0.05) is 0 Å². The van der Waals surface area contributed by atoms with Gasteiger partial charge in [-0.1, -0.05) is 30.3 Å². The first-order valence-electron chi connectivity index (χ1n) is 3.18. The van der Waals surface area contributed by atoms with Gasteiger partial charge in [0.25, 0.3) is 0 Å². The molecule has 0 spiro atoms. The van der Waals surface area contributed by atoms with E-state index in [1.165, 1.54) is 5.56 Å². The van der Waals surface area contributed by atoms with E-state index in [1.54, 1.807) is 11.8 Å². The van der Waals surface area contributed by atoms with Gasteiger partial charge in [0.2, 0.25) is 0 Å². The van der Waals surface area contributed by atoms with Crippen LogP contribution < -0.4 is 0 Å². The molecule has 0 unspecified atom stereocenters. The Morgan fingerprint density at radius 3 is 2.50 bits per heavy atom. The summed E-state index contributed by atoms with van der Waals surface area (Å²) in [5, 5.41) is 2.08. The van der Waals surface area contributed by atoms with Crippen LogP contribution in [0, 0.1) is 0 Å². The van der Waals surface area contributed by atoms with Crippen molar-refractivity contribution in [1.29, 1.82) is 0 Å². The minimum atomic E-state index is 1.26. The first-order chi connectivity index (χ1) is 4.93. The number of thioether (sulfide) groups is 1. The van der Waals surface area contributed by atoms with E-state index in [1.807, 2.05) is 18.2 Å². The number of hydrogen-bond donors (Lipinski definition) is 0. The molecule has 1 rings (SSSR count). The first kappa shape index (κ1) is 7.42. The average molecular weight is 150 g/mol. The minimum absolute atomic E-state index is 1.26. The van der Waals surface area contributed by atoms with E-state index in [0.717, 1.165) is 0 Å². The lowest BCUT2D eigenvalue weighted by molar-refractivity contribution is 1.67. The summed E-state index contributed by atoms with van der Waals surface area (Å²) in [6, 6.07) is 10.3. The third-order valence-corrected chi connectivity index (χ3v) is 1.60. The van der Waals surface area contributed by atoms with Gasteiger partial charge in [0.05, 0.1) is 0 Å². The number of rotatable bonds is 2. The third kappa shape index (κ3) is 2.28. The summed E-state index contributed by atoms with van der Waals surface area (Å²) in [6.45, 7) is 0. The van der Waals surface area contributed by atoms with Crippen LogP contribution in [0.3, 0.4) is 0 Å². The first-order valence-corrected chi connectivity index (χ1v) is 4.46. The lowest BCUT2D eigenvalue weighted by atomic mass is 10.2. The molecular weight excluding hydrogens is 140 g/mol. The fourth-order valence-electron chi connectivity index (χ4n) is 0.711. The van der Waals surface area contributed by atoms with Crippen LogP contribution in [0.2, 0.25) is 0 Å². The van der Waals surface area contributed by atoms with Crippen LogP contribution in [0.25, 0.3) is 6.08 Å². The van der Waals surface area contributed by atoms with Crippen LogP contribution in [0.5, 0.6) is 0 Å². The molecule has 0 fully saturated rings. The number of hydrogen-bond acceptors (Lipinski definition) is 1. The van der Waals surface area contributed by atoms with Gasteiger partial charge in [-0.25, -0.2) is 0 Å². The summed E-state index contributed by atoms with van der Waals surface area (Å²) >= 11 is 1.72. The predicted octanol–water partition coefficient (Wildman–Crippen LogP) is 3.02. The minimum Gasteiger partial charge on any atom is -0.138 e. The van der Waals surface area contributed by atoms with Crippen molar-refractivity contribution in [1.82, 2.24) is 0 Å². The van der Waals surface area contributed by atoms with Gasteiger partial charge in [0.15, 0.2) is 0 Å². The summed E-state index contributed by atoms with van der Waals surface area (Å²) in [6.07, 6.45) is 4.16. The zero-order valence-corrected chi connectivity index (χ0v) is 6.77. The quantitative estimate of drug-likeness (QED) is 0.624. The Morgan fingerprint density at radius 1 is 1.20 bits per heavy atom. The van der Waals surface area contributed by atoms with Crippen LogP contribution in [-0.2, 0) is 0 Å². The van der Waals surface area contributed by atoms with E-state index in [2.05, 4.69) is 29.9 Å². The number of benzene rings is 1. The zero-order valence-electron chi connectivity index (χ0n) is 5.95. The molecule has 0 saturated carbocycles. The van der Waals surface area contributed by atoms with Gasteiger partial charge in [-0.05, 0) is 23.3 Å². The smallest absolute Gasteiger partial charge is 0.0142 e. The van der Waals surface area contributed by atoms with Gasteiger partial charge in [0.1, 0.15) is 0 Å². The van der Waals surface area contributed by atoms with Crippen molar-refractivity contribution in [2.24, 2.45) is 0 Å². The molecule has 1 aromatic carbocycles. The van der Waals surface area contributed by atoms with E-state index in [9.17, 15) is 0 Å². The van der Waals surface area contributed by atoms with Crippen LogP contribution in [-0.4, -0.2) is 6.26 Å². The Bertz CT molecular complexity index is 201. The van der Waals surface area contributed by atoms with Crippen molar-refractivity contribution in [2.75, 3.05) is 6.26 Å². The monoisotopic (exact) mass is 150 g/mol. The lowest BCUT2D eigenvalue weighted by Crippen LogP contribution is -1.65. The molecule has 0 aromatic heterocycles. The molecule has 52 valence electrons. The molecule has 0 aliphatic rings. The van der Waals surface area contributed by atoms with E-state index < -0.39 is 0 Å². The molecule has 0 radical (unpaired) electrons. The maximum Gasteiger partial charge on any atom is -0.0142 e. The fraction of sp³-hybridized carbons (Fsp3) is 0.111. The molecule has 0 aliphatic heterocycles. The van der Waals surface area contributed by atoms with Crippen molar-refractivity contribution in [3.8, 4) is 0 Å². The standard InChI is InChI=1S/C9H10S/c1-10-8-7-9-5-3-2-4-6-9/h2-8H,1H3/b8-7-. The highest BCUT2D eigenvalue weighted by Gasteiger charge is 1.79. The van der Waals surface area contributed by atoms with Gasteiger partial charge in [-0.15, -0.1) is 11.8 Å². The Morgan fingerprint density at radius 2 is 1.90 bits per heavy atom. The summed E-state index contributed by atoms with van der Waals surface area (Å²) in [7, 11) is 0. The van der Waals surface area contributed by atoms with E-state index >= 15 is 0 Å². The van der Waals surface area contributed by atoms with Crippen LogP contribution >= 0.6 is 11.8 Å². The fourth-order valence-corrected chi connectivity index (χ4v) is 1.00. The second-order valence-electron chi connectivity index (χ2n) is 1.95. The van der Waals surface area contributed by atoms with Crippen LogP contribution in [0.15, 0.2) is 35.7 Å². The van der Waals surface area contributed by atoms with Gasteiger partial charge < -0.3 is 0 Å². The molecule has 1 aromatic rings. The Hall–Kier alpha value is -0.690. The Labute approximate surface area is 66.0 Å². The van der Waals surface area contributed by atoms with Crippen molar-refractivity contribution in [2.45, 2.75) is 0 Å². The molecule has 0 aliphatic carbocycles. The molecule has 10 heavy (non-hydrogen) atoms. The maximum atomic E-state index is 2.10. The molecular formula is C9H10S. The molecule has 0 heterocycles. The van der Waals surface area contributed by atoms with Gasteiger partial charge in [-0.3, -0.25) is 0 Å². The van der Waals surface area contributed by atoms with Crippen molar-refractivity contribution in [3.63, 3.8) is 0 Å². The summed E-state index contributed by atoms with van der Waals surface area (Å²) < 4.78 is 0. The molecule has 0 nitrogen and oxygen atoms in total. The molecule has 0 N–H and O–H groups in total. The van der Waals surface area contributed by atoms with E-state index in [4.69, 9.17) is 0 Å². The second kappa shape index (κ2) is 4.18. The van der Waals surface area contributed by atoms with Crippen molar-refractivity contribution >= 4 is 17.8 Å². The summed E-state index contributed by atoms with van der Waals surface area (Å²) in [5.74, 6) is 0. The topological polar surface area (TPSA) is 0 Å². The highest BCUT2D eigenvalue weighted by molar-refractivity contribution is 8.01. The second-order valence-corrected chi connectivity index (χ2v) is 2.69. The van der Waals surface area contributed by atoms with E-state index in [-0.39, 0.29) is 0 Å². The van der Waals surface area contributed by atoms with E-state index in [0.29, 0.717) is 0 Å². The van der Waals surface area contributed by atoms with Gasteiger partial charge >= 0.3 is 0 Å². The summed E-state index contributed by atoms with van der Waals surface area (Å²) in [5.41, 5.74) is 1.26.